The van der Waals surface area contributed by atoms with Crippen LogP contribution >= 0.6 is 0 Å². The van der Waals surface area contributed by atoms with Gasteiger partial charge in [0.1, 0.15) is 23.3 Å². The number of hydrogen-bond acceptors (Lipinski definition) is 6. The number of fused-ring (bicyclic) bond motifs is 2. The minimum atomic E-state index is 0.832. The van der Waals surface area contributed by atoms with Crippen molar-refractivity contribution in [2.45, 2.75) is 136 Å². The van der Waals surface area contributed by atoms with E-state index in [0.717, 1.165) is 60.8 Å². The summed E-state index contributed by atoms with van der Waals surface area (Å²) in [5.41, 5.74) is 17.4. The van der Waals surface area contributed by atoms with Crippen molar-refractivity contribution in [1.82, 2.24) is 29.1 Å². The minimum Gasteiger partial charge on any atom is -0.356 e. The normalized spacial score (nSPS) is 11.4. The van der Waals surface area contributed by atoms with Gasteiger partial charge in [-0.25, -0.2) is 19.9 Å². The number of hydrogen-bond donors (Lipinski definition) is 0. The van der Waals surface area contributed by atoms with Gasteiger partial charge in [0.15, 0.2) is 11.3 Å². The van der Waals surface area contributed by atoms with Gasteiger partial charge in [0.05, 0.1) is 22.1 Å². The molecule has 6 aromatic rings. The van der Waals surface area contributed by atoms with Crippen LogP contribution in [0.2, 0.25) is 0 Å². The molecule has 56 heavy (non-hydrogen) atoms. The van der Waals surface area contributed by atoms with E-state index in [0.29, 0.717) is 0 Å². The molecule has 0 N–H and O–H groups in total. The second-order valence-electron chi connectivity index (χ2n) is 16.0. The largest absolute Gasteiger partial charge is 0.356 e. The summed E-state index contributed by atoms with van der Waals surface area (Å²) in [4.78, 5) is 24.4. The molecule has 8 heteroatoms. The van der Waals surface area contributed by atoms with E-state index >= 15 is 0 Å². The zero-order chi connectivity index (χ0) is 41.2. The first-order chi connectivity index (χ1) is 26.6. The number of aryl methyl sites for hydroxylation is 10. The highest BCUT2D eigenvalue weighted by Crippen LogP contribution is 2.37. The van der Waals surface area contributed by atoms with Gasteiger partial charge < -0.3 is 9.80 Å². The highest BCUT2D eigenvalue weighted by molar-refractivity contribution is 5.95. The van der Waals surface area contributed by atoms with E-state index < -0.39 is 0 Å². The van der Waals surface area contributed by atoms with Crippen LogP contribution in [0.15, 0.2) is 24.3 Å². The molecule has 0 saturated heterocycles. The number of anilines is 2. The van der Waals surface area contributed by atoms with Gasteiger partial charge in [0, 0.05) is 37.6 Å². The van der Waals surface area contributed by atoms with Gasteiger partial charge in [-0.1, -0.05) is 62.1 Å². The molecule has 0 unspecified atom stereocenters. The van der Waals surface area contributed by atoms with Gasteiger partial charge in [-0.3, -0.25) is 9.13 Å². The first kappa shape index (κ1) is 42.4. The molecule has 2 aromatic carbocycles. The summed E-state index contributed by atoms with van der Waals surface area (Å²) >= 11 is 0. The number of nitrogens with zero attached hydrogens (tertiary/aromatic N) is 8. The van der Waals surface area contributed by atoms with Gasteiger partial charge in [-0.05, 0) is 143 Å². The fraction of sp³-hybridized carbons (Fsp3) is 0.500. The lowest BCUT2D eigenvalue weighted by atomic mass is 10.0. The van der Waals surface area contributed by atoms with Crippen LogP contribution in [0.1, 0.15) is 121 Å². The average molecular weight is 757 g/mol. The summed E-state index contributed by atoms with van der Waals surface area (Å²) in [6, 6.07) is 9.05. The lowest BCUT2D eigenvalue weighted by molar-refractivity contribution is 0.724. The number of unbranched alkanes of at least 4 members (excludes halogenated alkanes) is 2. The second-order valence-corrected chi connectivity index (χ2v) is 16.0. The van der Waals surface area contributed by atoms with Crippen molar-refractivity contribution in [2.24, 2.45) is 0 Å². The van der Waals surface area contributed by atoms with Gasteiger partial charge >= 0.3 is 0 Å². The molecule has 0 aliphatic carbocycles. The van der Waals surface area contributed by atoms with Gasteiger partial charge in [0.25, 0.3) is 0 Å². The maximum atomic E-state index is 4.92. The van der Waals surface area contributed by atoms with E-state index in [1.165, 1.54) is 104 Å². The molecule has 4 heterocycles. The topological polar surface area (TPSA) is 67.9 Å². The van der Waals surface area contributed by atoms with Crippen molar-refractivity contribution in [2.75, 3.05) is 36.0 Å². The molecule has 0 spiro atoms. The van der Waals surface area contributed by atoms with E-state index in [1.807, 2.05) is 13.8 Å². The van der Waals surface area contributed by atoms with Crippen molar-refractivity contribution < 1.29 is 0 Å². The van der Waals surface area contributed by atoms with Crippen LogP contribution in [0.5, 0.6) is 0 Å². The number of rotatable bonds is 12. The molecule has 0 aliphatic rings. The second kappa shape index (κ2) is 17.6. The predicted octanol–water partition coefficient (Wildman–Crippen LogP) is 11.8. The van der Waals surface area contributed by atoms with Gasteiger partial charge in [-0.2, -0.15) is 0 Å². The zero-order valence-electron chi connectivity index (χ0n) is 37.5. The first-order valence-electron chi connectivity index (χ1n) is 21.0. The molecular formula is C48H68N8. The minimum absolute atomic E-state index is 0.832. The van der Waals surface area contributed by atoms with E-state index in [4.69, 9.17) is 19.9 Å². The first-order valence-corrected chi connectivity index (χ1v) is 21.0. The van der Waals surface area contributed by atoms with Gasteiger partial charge in [0.2, 0.25) is 0 Å². The molecular weight excluding hydrogens is 689 g/mol. The Hall–Kier alpha value is -4.72. The number of benzene rings is 2. The van der Waals surface area contributed by atoms with Crippen LogP contribution in [-0.4, -0.2) is 55.2 Å². The molecule has 8 nitrogen and oxygen atoms in total. The Morgan fingerprint density at radius 2 is 0.786 bits per heavy atom. The molecule has 0 saturated carbocycles. The third-order valence-electron chi connectivity index (χ3n) is 11.5. The lowest BCUT2D eigenvalue weighted by Gasteiger charge is -2.23. The van der Waals surface area contributed by atoms with Crippen LogP contribution < -0.4 is 9.80 Å². The van der Waals surface area contributed by atoms with Gasteiger partial charge in [-0.15, -0.1) is 0 Å². The maximum Gasteiger partial charge on any atom is 0.150 e. The highest BCUT2D eigenvalue weighted by atomic mass is 15.2. The zero-order valence-corrected chi connectivity index (χ0v) is 37.5. The van der Waals surface area contributed by atoms with Crippen LogP contribution in [-0.2, 0) is 0 Å². The van der Waals surface area contributed by atoms with Crippen molar-refractivity contribution in [3.63, 3.8) is 0 Å². The van der Waals surface area contributed by atoms with Crippen molar-refractivity contribution in [1.29, 1.82) is 0 Å². The summed E-state index contributed by atoms with van der Waals surface area (Å²) in [5, 5.41) is 2.39. The van der Waals surface area contributed by atoms with Crippen LogP contribution in [0.25, 0.3) is 33.4 Å². The predicted molar refractivity (Wildman–Crippen MR) is 240 cm³/mol. The van der Waals surface area contributed by atoms with E-state index in [1.54, 1.807) is 0 Å². The monoisotopic (exact) mass is 757 g/mol. The Bertz CT molecular complexity index is 2150. The van der Waals surface area contributed by atoms with E-state index in [9.17, 15) is 0 Å². The third kappa shape index (κ3) is 8.07. The Labute approximate surface area is 337 Å². The van der Waals surface area contributed by atoms with E-state index in [2.05, 4.69) is 140 Å². The summed E-state index contributed by atoms with van der Waals surface area (Å²) < 4.78 is 4.70. The lowest BCUT2D eigenvalue weighted by Crippen LogP contribution is -2.25. The van der Waals surface area contributed by atoms with Crippen LogP contribution in [0.4, 0.5) is 11.6 Å². The third-order valence-corrected chi connectivity index (χ3v) is 11.5. The molecule has 300 valence electrons. The Morgan fingerprint density at radius 1 is 0.464 bits per heavy atom. The smallest absolute Gasteiger partial charge is 0.150 e. The Morgan fingerprint density at radius 3 is 1.07 bits per heavy atom. The summed E-state index contributed by atoms with van der Waals surface area (Å²) in [5.74, 6) is 3.83. The fourth-order valence-electron chi connectivity index (χ4n) is 8.68. The highest BCUT2D eigenvalue weighted by Gasteiger charge is 2.25. The van der Waals surface area contributed by atoms with Crippen molar-refractivity contribution in [3.05, 3.63) is 91.8 Å². The molecule has 0 atom stereocenters. The van der Waals surface area contributed by atoms with Crippen molar-refractivity contribution >= 4 is 33.7 Å². The molecule has 6 rings (SSSR count). The Balaban J connectivity index is 0.000000214. The SMILES string of the molecule is CCCCN(CC)c1nc(C)nc2c1c(C)c(C)n2-c1c(C)cc(C)cc1C.CCCCN(CC)c1nc(C)nc2c1c(C)c(C)n2-c1c(C)cc(C)cc1C. The molecule has 0 fully saturated rings. The summed E-state index contributed by atoms with van der Waals surface area (Å²) in [6.07, 6.45) is 4.72. The average Bonchev–Trinajstić information content (AvgIpc) is 3.51. The van der Waals surface area contributed by atoms with Crippen molar-refractivity contribution in [3.8, 4) is 11.4 Å². The van der Waals surface area contributed by atoms with Crippen LogP contribution in [0, 0.1) is 83.1 Å². The molecule has 0 aliphatic heterocycles. The molecule has 0 radical (unpaired) electrons. The maximum absolute atomic E-state index is 4.92. The Kier molecular flexibility index (Phi) is 13.3. The fourth-order valence-corrected chi connectivity index (χ4v) is 8.68. The quantitative estimate of drug-likeness (QED) is 0.124. The molecule has 4 aromatic heterocycles. The standard InChI is InChI=1S/2C24H34N4/c2*1-9-11-12-27(10-2)23-21-18(6)19(7)28(24(21)26-20(8)25-23)22-16(4)13-15(3)14-17(22)5/h2*13-14H,9-12H2,1-8H3. The molecule has 0 bridgehead atoms. The summed E-state index contributed by atoms with van der Waals surface area (Å²) in [6.45, 7) is 38.8. The molecule has 0 amide bonds. The number of aromatic nitrogens is 6. The summed E-state index contributed by atoms with van der Waals surface area (Å²) in [7, 11) is 0. The van der Waals surface area contributed by atoms with E-state index in [-0.39, 0.29) is 0 Å². The van der Waals surface area contributed by atoms with Crippen LogP contribution in [0.3, 0.4) is 0 Å².